The van der Waals surface area contributed by atoms with Gasteiger partial charge in [0.1, 0.15) is 0 Å². The van der Waals surface area contributed by atoms with Gasteiger partial charge in [0.2, 0.25) is 11.8 Å². The molecule has 1 heterocycles. The molecule has 0 radical (unpaired) electrons. The number of amides is 2. The van der Waals surface area contributed by atoms with Crippen LogP contribution in [0.2, 0.25) is 0 Å². The molecule has 114 valence electrons. The fourth-order valence-corrected chi connectivity index (χ4v) is 2.32. The molecule has 1 aliphatic heterocycles. The van der Waals surface area contributed by atoms with Gasteiger partial charge in [0.15, 0.2) is 0 Å². The van der Waals surface area contributed by atoms with Crippen LogP contribution in [0.3, 0.4) is 0 Å². The van der Waals surface area contributed by atoms with Gasteiger partial charge < -0.3 is 15.3 Å². The van der Waals surface area contributed by atoms with Crippen molar-refractivity contribution in [3.8, 4) is 0 Å². The Morgan fingerprint density at radius 1 is 1.45 bits per heavy atom. The van der Waals surface area contributed by atoms with Crippen molar-refractivity contribution in [1.29, 1.82) is 0 Å². The molecule has 0 spiro atoms. The van der Waals surface area contributed by atoms with Crippen molar-refractivity contribution in [3.63, 3.8) is 0 Å². The Bertz CT molecular complexity index is 404. The number of nitrogens with zero attached hydrogens (tertiary/aromatic N) is 1. The maximum absolute atomic E-state index is 12.2. The smallest absolute Gasteiger partial charge is 0.303 e. The van der Waals surface area contributed by atoms with E-state index in [1.165, 1.54) is 0 Å². The lowest BCUT2D eigenvalue weighted by molar-refractivity contribution is -0.138. The third kappa shape index (κ3) is 4.51. The molecule has 1 fully saturated rings. The number of hydrogen-bond donors (Lipinski definition) is 2. The first kappa shape index (κ1) is 16.5. The van der Waals surface area contributed by atoms with Crippen molar-refractivity contribution in [3.05, 3.63) is 0 Å². The van der Waals surface area contributed by atoms with Crippen LogP contribution < -0.4 is 5.32 Å². The molecule has 2 N–H and O–H groups in total. The largest absolute Gasteiger partial charge is 0.481 e. The second kappa shape index (κ2) is 6.24. The first-order valence-electron chi connectivity index (χ1n) is 6.95. The van der Waals surface area contributed by atoms with Crippen LogP contribution in [0.4, 0.5) is 0 Å². The van der Waals surface area contributed by atoms with E-state index in [1.807, 2.05) is 13.8 Å². The van der Waals surface area contributed by atoms with Gasteiger partial charge in [-0.15, -0.1) is 0 Å². The van der Waals surface area contributed by atoms with Crippen LogP contribution in [0.25, 0.3) is 0 Å². The van der Waals surface area contributed by atoms with Crippen LogP contribution in [0.1, 0.15) is 47.0 Å². The summed E-state index contributed by atoms with van der Waals surface area (Å²) in [6, 6.07) is 0.0975. The number of carboxylic acids is 1. The minimum atomic E-state index is -0.880. The molecule has 20 heavy (non-hydrogen) atoms. The maximum Gasteiger partial charge on any atom is 0.303 e. The number of carbonyl (C=O) groups is 3. The van der Waals surface area contributed by atoms with E-state index in [2.05, 4.69) is 5.32 Å². The van der Waals surface area contributed by atoms with Crippen LogP contribution in [0.5, 0.6) is 0 Å². The molecule has 0 aromatic carbocycles. The van der Waals surface area contributed by atoms with Crippen LogP contribution in [0.15, 0.2) is 0 Å². The van der Waals surface area contributed by atoms with E-state index < -0.39 is 11.5 Å². The highest BCUT2D eigenvalue weighted by Crippen LogP contribution is 2.22. The Hall–Kier alpha value is -1.59. The van der Waals surface area contributed by atoms with E-state index in [0.29, 0.717) is 13.0 Å². The quantitative estimate of drug-likeness (QED) is 0.762. The maximum atomic E-state index is 12.2. The summed E-state index contributed by atoms with van der Waals surface area (Å²) in [5, 5.41) is 11.5. The predicted molar refractivity (Wildman–Crippen MR) is 74.0 cm³/mol. The van der Waals surface area contributed by atoms with E-state index in [9.17, 15) is 14.4 Å². The Balaban J connectivity index is 2.55. The molecular weight excluding hydrogens is 260 g/mol. The highest BCUT2D eigenvalue weighted by molar-refractivity contribution is 5.89. The van der Waals surface area contributed by atoms with Gasteiger partial charge in [0.25, 0.3) is 0 Å². The van der Waals surface area contributed by atoms with E-state index in [4.69, 9.17) is 5.11 Å². The minimum absolute atomic E-state index is 0.00323. The summed E-state index contributed by atoms with van der Waals surface area (Å²) >= 11 is 0. The molecule has 1 unspecified atom stereocenters. The van der Waals surface area contributed by atoms with E-state index in [1.54, 1.807) is 18.7 Å². The van der Waals surface area contributed by atoms with Crippen molar-refractivity contribution in [2.24, 2.45) is 5.92 Å². The molecule has 6 nitrogen and oxygen atoms in total. The zero-order chi connectivity index (χ0) is 15.5. The summed E-state index contributed by atoms with van der Waals surface area (Å²) in [6.07, 6.45) is 0.608. The Morgan fingerprint density at radius 2 is 2.05 bits per heavy atom. The van der Waals surface area contributed by atoms with Gasteiger partial charge >= 0.3 is 5.97 Å². The molecular formula is C14H24N2O4. The van der Waals surface area contributed by atoms with Crippen molar-refractivity contribution >= 4 is 17.8 Å². The Morgan fingerprint density at radius 3 is 2.50 bits per heavy atom. The van der Waals surface area contributed by atoms with Gasteiger partial charge in [-0.2, -0.15) is 0 Å². The number of nitrogens with one attached hydrogen (secondary N) is 1. The summed E-state index contributed by atoms with van der Waals surface area (Å²) < 4.78 is 0. The second-order valence-corrected chi connectivity index (χ2v) is 6.31. The minimum Gasteiger partial charge on any atom is -0.481 e. The fraction of sp³-hybridized carbons (Fsp3) is 0.786. The third-order valence-corrected chi connectivity index (χ3v) is 3.58. The molecule has 1 rings (SSSR count). The molecule has 0 bridgehead atoms. The third-order valence-electron chi connectivity index (χ3n) is 3.58. The van der Waals surface area contributed by atoms with Crippen LogP contribution in [0, 0.1) is 5.92 Å². The van der Waals surface area contributed by atoms with Crippen molar-refractivity contribution < 1.29 is 19.5 Å². The summed E-state index contributed by atoms with van der Waals surface area (Å²) in [5.74, 6) is -1.39. The molecule has 1 saturated heterocycles. The predicted octanol–water partition coefficient (Wildman–Crippen LogP) is 1.00. The average molecular weight is 284 g/mol. The summed E-state index contributed by atoms with van der Waals surface area (Å²) in [6.45, 7) is 7.89. The number of rotatable bonds is 6. The van der Waals surface area contributed by atoms with Gasteiger partial charge in [-0.25, -0.2) is 0 Å². The first-order valence-corrected chi connectivity index (χ1v) is 6.95. The van der Waals surface area contributed by atoms with Gasteiger partial charge in [0, 0.05) is 31.0 Å². The highest BCUT2D eigenvalue weighted by Gasteiger charge is 2.37. The van der Waals surface area contributed by atoms with E-state index >= 15 is 0 Å². The molecule has 0 aromatic heterocycles. The van der Waals surface area contributed by atoms with Crippen LogP contribution in [-0.2, 0) is 14.4 Å². The summed E-state index contributed by atoms with van der Waals surface area (Å²) in [7, 11) is 0. The number of aliphatic carboxylic acids is 1. The molecule has 2 amide bonds. The van der Waals surface area contributed by atoms with E-state index in [-0.39, 0.29) is 36.6 Å². The van der Waals surface area contributed by atoms with Gasteiger partial charge in [-0.05, 0) is 34.1 Å². The van der Waals surface area contributed by atoms with Crippen molar-refractivity contribution in [2.45, 2.75) is 58.5 Å². The molecule has 1 aliphatic rings. The zero-order valence-electron chi connectivity index (χ0n) is 12.6. The molecule has 1 atom stereocenters. The standard InChI is InChI=1S/C14H24N2O4/c1-9(2)16-8-10(7-11(16)17)13(20)15-14(3,4)6-5-12(18)19/h9-10H,5-8H2,1-4H3,(H,15,20)(H,18,19). The second-order valence-electron chi connectivity index (χ2n) is 6.31. The van der Waals surface area contributed by atoms with Crippen molar-refractivity contribution in [2.75, 3.05) is 6.54 Å². The highest BCUT2D eigenvalue weighted by atomic mass is 16.4. The number of carboxylic acid groups (broad SMARTS) is 1. The van der Waals surface area contributed by atoms with Crippen LogP contribution in [-0.4, -0.2) is 45.9 Å². The topological polar surface area (TPSA) is 86.7 Å². The molecule has 0 aliphatic carbocycles. The lowest BCUT2D eigenvalue weighted by atomic mass is 9.96. The van der Waals surface area contributed by atoms with Crippen LogP contribution >= 0.6 is 0 Å². The van der Waals surface area contributed by atoms with Gasteiger partial charge in [-0.1, -0.05) is 0 Å². The van der Waals surface area contributed by atoms with Crippen molar-refractivity contribution in [1.82, 2.24) is 10.2 Å². The lowest BCUT2D eigenvalue weighted by Gasteiger charge is -2.27. The average Bonchev–Trinajstić information content (AvgIpc) is 2.68. The normalized spacial score (nSPS) is 19.6. The number of hydrogen-bond acceptors (Lipinski definition) is 3. The molecule has 0 saturated carbocycles. The van der Waals surface area contributed by atoms with E-state index in [0.717, 1.165) is 0 Å². The molecule has 0 aromatic rings. The summed E-state index contributed by atoms with van der Waals surface area (Å²) in [4.78, 5) is 36.2. The number of carbonyl (C=O) groups excluding carboxylic acids is 2. The molecule has 6 heteroatoms. The zero-order valence-corrected chi connectivity index (χ0v) is 12.6. The fourth-order valence-electron chi connectivity index (χ4n) is 2.32. The Kier molecular flexibility index (Phi) is 5.14. The number of likely N-dealkylation sites (tertiary alicyclic amines) is 1. The summed E-state index contributed by atoms with van der Waals surface area (Å²) in [5.41, 5.74) is -0.580. The van der Waals surface area contributed by atoms with Gasteiger partial charge in [0.05, 0.1) is 5.92 Å². The Labute approximate surface area is 119 Å². The lowest BCUT2D eigenvalue weighted by Crippen LogP contribution is -2.47. The SMILES string of the molecule is CC(C)N1CC(C(=O)NC(C)(C)CCC(=O)O)CC1=O. The monoisotopic (exact) mass is 284 g/mol. The first-order chi connectivity index (χ1) is 9.12. The van der Waals surface area contributed by atoms with Gasteiger partial charge in [-0.3, -0.25) is 14.4 Å².